The minimum absolute atomic E-state index is 0.0128. The lowest BCUT2D eigenvalue weighted by Crippen LogP contribution is -2.35. The molecule has 2 atom stereocenters. The summed E-state index contributed by atoms with van der Waals surface area (Å²) in [4.78, 5) is 50.8. The van der Waals surface area contributed by atoms with Gasteiger partial charge in [0.25, 0.3) is 5.24 Å². The highest BCUT2D eigenvalue weighted by atomic mass is 32.2. The normalized spacial score (nSPS) is 18.3. The fourth-order valence-corrected chi connectivity index (χ4v) is 4.26. The molecule has 0 bridgehead atoms. The Balaban J connectivity index is 1.65. The second-order valence-corrected chi connectivity index (χ2v) is 9.50. The average molecular weight is 487 g/mol. The van der Waals surface area contributed by atoms with Gasteiger partial charge in [0.2, 0.25) is 5.91 Å². The van der Waals surface area contributed by atoms with Crippen LogP contribution >= 0.6 is 11.8 Å². The van der Waals surface area contributed by atoms with E-state index < -0.39 is 22.8 Å². The van der Waals surface area contributed by atoms with Crippen molar-refractivity contribution in [3.63, 3.8) is 0 Å². The van der Waals surface area contributed by atoms with E-state index in [2.05, 4.69) is 10.3 Å². The van der Waals surface area contributed by atoms with Crippen molar-refractivity contribution in [2.24, 2.45) is 0 Å². The molecular weight excluding hydrogens is 460 g/mol. The molecule has 9 nitrogen and oxygen atoms in total. The van der Waals surface area contributed by atoms with Crippen LogP contribution in [0.3, 0.4) is 0 Å². The standard InChI is InChI=1S/C24H26N2O7S/c1-3-15-6-9-18(25-13-15)19(33-21(29)11-10-20(27)28)14-32-17-7-4-16(5-8-17)12-24(2)22(30)26-23(31)34-24/h4-9,13,19H,3,10-12,14H2,1-2H3,(H,27,28)(H,26,30,31). The lowest BCUT2D eigenvalue weighted by atomic mass is 9.99. The van der Waals surface area contributed by atoms with Crippen molar-refractivity contribution < 1.29 is 33.8 Å². The molecular formula is C24H26N2O7S. The molecule has 1 saturated heterocycles. The molecule has 2 aromatic rings. The molecule has 0 aliphatic carbocycles. The van der Waals surface area contributed by atoms with Crippen LogP contribution in [-0.2, 0) is 32.0 Å². The maximum Gasteiger partial charge on any atom is 0.307 e. The van der Waals surface area contributed by atoms with Gasteiger partial charge >= 0.3 is 11.9 Å². The van der Waals surface area contributed by atoms with Crippen LogP contribution in [-0.4, -0.2) is 44.5 Å². The highest BCUT2D eigenvalue weighted by Crippen LogP contribution is 2.35. The molecule has 34 heavy (non-hydrogen) atoms. The van der Waals surface area contributed by atoms with Crippen LogP contribution in [0.5, 0.6) is 5.75 Å². The number of carbonyl (C=O) groups is 4. The van der Waals surface area contributed by atoms with Gasteiger partial charge in [-0.1, -0.05) is 25.1 Å². The van der Waals surface area contributed by atoms with Crippen molar-refractivity contribution in [1.29, 1.82) is 0 Å². The van der Waals surface area contributed by atoms with Gasteiger partial charge in [-0.25, -0.2) is 0 Å². The summed E-state index contributed by atoms with van der Waals surface area (Å²) in [5.41, 5.74) is 2.39. The number of thioether (sulfide) groups is 1. The topological polar surface area (TPSA) is 132 Å². The zero-order chi connectivity index (χ0) is 24.7. The van der Waals surface area contributed by atoms with E-state index in [1.165, 1.54) is 0 Å². The summed E-state index contributed by atoms with van der Waals surface area (Å²) >= 11 is 0.978. The van der Waals surface area contributed by atoms with Crippen molar-refractivity contribution in [2.75, 3.05) is 6.61 Å². The summed E-state index contributed by atoms with van der Waals surface area (Å²) in [6.45, 7) is 3.71. The first-order valence-corrected chi connectivity index (χ1v) is 11.6. The summed E-state index contributed by atoms with van der Waals surface area (Å²) in [7, 11) is 0. The number of amides is 2. The number of rotatable bonds is 11. The summed E-state index contributed by atoms with van der Waals surface area (Å²) in [5.74, 6) is -1.52. The average Bonchev–Trinajstić information content (AvgIpc) is 3.06. The third-order valence-corrected chi connectivity index (χ3v) is 6.35. The number of nitrogens with one attached hydrogen (secondary N) is 1. The largest absolute Gasteiger partial charge is 0.489 e. The third-order valence-electron chi connectivity index (χ3n) is 5.28. The monoisotopic (exact) mass is 486 g/mol. The second kappa shape index (κ2) is 11.1. The molecule has 1 aromatic heterocycles. The number of esters is 1. The van der Waals surface area contributed by atoms with Gasteiger partial charge in [-0.2, -0.15) is 0 Å². The predicted molar refractivity (Wildman–Crippen MR) is 124 cm³/mol. The van der Waals surface area contributed by atoms with Gasteiger partial charge in [0, 0.05) is 6.20 Å². The van der Waals surface area contributed by atoms with Crippen molar-refractivity contribution >= 4 is 34.8 Å². The number of hydrogen-bond donors (Lipinski definition) is 2. The van der Waals surface area contributed by atoms with Crippen LogP contribution in [0.4, 0.5) is 4.79 Å². The van der Waals surface area contributed by atoms with Crippen LogP contribution in [0.1, 0.15) is 49.6 Å². The minimum Gasteiger partial charge on any atom is -0.489 e. The highest BCUT2D eigenvalue weighted by molar-refractivity contribution is 8.16. The predicted octanol–water partition coefficient (Wildman–Crippen LogP) is 3.46. The van der Waals surface area contributed by atoms with Gasteiger partial charge in [0.05, 0.1) is 18.5 Å². The number of carbonyl (C=O) groups excluding carboxylic acids is 3. The van der Waals surface area contributed by atoms with E-state index in [1.54, 1.807) is 43.5 Å². The van der Waals surface area contributed by atoms with E-state index in [1.807, 2.05) is 13.0 Å². The zero-order valence-corrected chi connectivity index (χ0v) is 19.7. The van der Waals surface area contributed by atoms with Crippen molar-refractivity contribution in [3.8, 4) is 5.75 Å². The molecule has 2 amide bonds. The molecule has 2 heterocycles. The van der Waals surface area contributed by atoms with Gasteiger partial charge < -0.3 is 14.6 Å². The number of nitrogens with zero attached hydrogens (tertiary/aromatic N) is 1. The summed E-state index contributed by atoms with van der Waals surface area (Å²) < 4.78 is 10.4. The van der Waals surface area contributed by atoms with Crippen molar-refractivity contribution in [1.82, 2.24) is 10.3 Å². The van der Waals surface area contributed by atoms with Crippen LogP contribution in [0.2, 0.25) is 0 Å². The SMILES string of the molecule is CCc1ccc(C(COc2ccc(CC3(C)SC(=O)NC3=O)cc2)OC(=O)CCC(=O)O)nc1. The lowest BCUT2D eigenvalue weighted by Gasteiger charge is -2.20. The quantitative estimate of drug-likeness (QED) is 0.458. The Morgan fingerprint density at radius 1 is 1.12 bits per heavy atom. The maximum atomic E-state index is 12.1. The van der Waals surface area contributed by atoms with E-state index in [9.17, 15) is 19.2 Å². The first-order chi connectivity index (χ1) is 16.2. The maximum absolute atomic E-state index is 12.1. The number of benzene rings is 1. The number of aryl methyl sites for hydroxylation is 1. The van der Waals surface area contributed by atoms with Crippen LogP contribution in [0.15, 0.2) is 42.6 Å². The second-order valence-electron chi connectivity index (χ2n) is 8.02. The van der Waals surface area contributed by atoms with E-state index in [0.717, 1.165) is 29.3 Å². The van der Waals surface area contributed by atoms with E-state index in [0.29, 0.717) is 17.9 Å². The molecule has 1 aliphatic heterocycles. The molecule has 3 rings (SSSR count). The molecule has 0 radical (unpaired) electrons. The number of ether oxygens (including phenoxy) is 2. The Bertz CT molecular complexity index is 1060. The van der Waals surface area contributed by atoms with Crippen LogP contribution in [0, 0.1) is 0 Å². The third kappa shape index (κ3) is 6.80. The van der Waals surface area contributed by atoms with Gasteiger partial charge in [-0.15, -0.1) is 0 Å². The molecule has 2 N–H and O–H groups in total. The van der Waals surface area contributed by atoms with Crippen molar-refractivity contribution in [2.45, 2.75) is 50.4 Å². The first kappa shape index (κ1) is 25.2. The number of aliphatic carboxylic acids is 1. The molecule has 1 aromatic carbocycles. The Labute approximate surface area is 201 Å². The van der Waals surface area contributed by atoms with Crippen LogP contribution in [0.25, 0.3) is 0 Å². The molecule has 10 heteroatoms. The zero-order valence-electron chi connectivity index (χ0n) is 18.9. The Morgan fingerprint density at radius 2 is 1.82 bits per heavy atom. The first-order valence-electron chi connectivity index (χ1n) is 10.8. The number of carboxylic acid groups (broad SMARTS) is 1. The fourth-order valence-electron chi connectivity index (χ4n) is 3.32. The Morgan fingerprint density at radius 3 is 2.38 bits per heavy atom. The van der Waals surface area contributed by atoms with Gasteiger partial charge in [0.15, 0.2) is 6.10 Å². The van der Waals surface area contributed by atoms with Gasteiger partial charge in [0.1, 0.15) is 17.1 Å². The van der Waals surface area contributed by atoms with Crippen molar-refractivity contribution in [3.05, 3.63) is 59.4 Å². The summed E-state index contributed by atoms with van der Waals surface area (Å²) in [5, 5.41) is 10.7. The Kier molecular flexibility index (Phi) is 8.27. The molecule has 0 spiro atoms. The van der Waals surface area contributed by atoms with Crippen LogP contribution < -0.4 is 10.1 Å². The number of carboxylic acids is 1. The number of imide groups is 1. The number of aromatic nitrogens is 1. The minimum atomic E-state index is -1.08. The molecule has 1 aliphatic rings. The Hall–Kier alpha value is -3.40. The van der Waals surface area contributed by atoms with Gasteiger partial charge in [-0.05, 0) is 60.9 Å². The number of hydrogen-bond acceptors (Lipinski definition) is 8. The summed E-state index contributed by atoms with van der Waals surface area (Å²) in [6.07, 6.45) is 1.51. The highest BCUT2D eigenvalue weighted by Gasteiger charge is 2.43. The summed E-state index contributed by atoms with van der Waals surface area (Å²) in [6, 6.07) is 10.7. The lowest BCUT2D eigenvalue weighted by molar-refractivity contribution is -0.153. The number of pyridine rings is 1. The fraction of sp³-hybridized carbons (Fsp3) is 0.375. The molecule has 2 unspecified atom stereocenters. The van der Waals surface area contributed by atoms with E-state index in [4.69, 9.17) is 14.6 Å². The van der Waals surface area contributed by atoms with E-state index in [-0.39, 0.29) is 30.6 Å². The molecule has 180 valence electrons. The molecule has 1 fully saturated rings. The van der Waals surface area contributed by atoms with Gasteiger partial charge in [-0.3, -0.25) is 29.5 Å². The van der Waals surface area contributed by atoms with E-state index >= 15 is 0 Å². The molecule has 0 saturated carbocycles. The smallest absolute Gasteiger partial charge is 0.307 e.